The van der Waals surface area contributed by atoms with Crippen molar-refractivity contribution in [1.82, 2.24) is 5.32 Å². The zero-order valence-corrected chi connectivity index (χ0v) is 13.2. The fourth-order valence-electron chi connectivity index (χ4n) is 2.47. The fraction of sp³-hybridized carbons (Fsp3) is 0.529. The number of amidine groups is 1. The van der Waals surface area contributed by atoms with Crippen molar-refractivity contribution in [2.24, 2.45) is 4.99 Å². The van der Waals surface area contributed by atoms with E-state index < -0.39 is 11.6 Å². The molecule has 0 spiro atoms. The minimum atomic E-state index is -1.13. The molecule has 0 saturated carbocycles. The monoisotopic (exact) mass is 303 g/mol. The van der Waals surface area contributed by atoms with Crippen molar-refractivity contribution < 1.29 is 14.6 Å². The van der Waals surface area contributed by atoms with Crippen LogP contribution in [-0.4, -0.2) is 18.5 Å². The second-order valence-electron chi connectivity index (χ2n) is 5.73. The highest BCUT2D eigenvalue weighted by molar-refractivity contribution is 6.04. The Balaban J connectivity index is 1.87. The lowest BCUT2D eigenvalue weighted by atomic mass is 9.92. The van der Waals surface area contributed by atoms with Gasteiger partial charge in [-0.15, -0.1) is 0 Å². The molecule has 0 bridgehead atoms. The Bertz CT molecular complexity index is 539. The topological polar surface area (TPSA) is 73.8 Å². The van der Waals surface area contributed by atoms with Crippen molar-refractivity contribution in [3.63, 3.8) is 0 Å². The summed E-state index contributed by atoms with van der Waals surface area (Å²) < 4.78 is 5.69. The molecule has 1 aliphatic heterocycles. The van der Waals surface area contributed by atoms with Gasteiger partial charge in [0.05, 0.1) is 12.6 Å². The molecule has 0 radical (unpaired) electrons. The summed E-state index contributed by atoms with van der Waals surface area (Å²) in [6.45, 7) is 4.53. The van der Waals surface area contributed by atoms with Crippen LogP contribution in [0.2, 0.25) is 0 Å². The van der Waals surface area contributed by atoms with Crippen LogP contribution in [0.3, 0.4) is 0 Å². The minimum absolute atomic E-state index is 0.387. The minimum Gasteiger partial charge on any atom is -0.846 e. The summed E-state index contributed by atoms with van der Waals surface area (Å²) >= 11 is 0. The first kappa shape index (κ1) is 16.3. The zero-order valence-electron chi connectivity index (χ0n) is 13.2. The molecular weight excluding hydrogens is 280 g/mol. The molecule has 0 aromatic heterocycles. The van der Waals surface area contributed by atoms with Gasteiger partial charge in [0.1, 0.15) is 5.75 Å². The van der Waals surface area contributed by atoms with Crippen LogP contribution in [0.25, 0.3) is 0 Å². The maximum Gasteiger partial charge on any atom is 0.256 e. The molecule has 22 heavy (non-hydrogen) atoms. The zero-order chi connectivity index (χ0) is 16.0. The largest absolute Gasteiger partial charge is 0.846 e. The predicted molar refractivity (Wildman–Crippen MR) is 83.6 cm³/mol. The van der Waals surface area contributed by atoms with Gasteiger partial charge in [-0.05, 0) is 31.0 Å². The van der Waals surface area contributed by atoms with Gasteiger partial charge in [0.25, 0.3) is 5.91 Å². The predicted octanol–water partition coefficient (Wildman–Crippen LogP) is 2.10. The summed E-state index contributed by atoms with van der Waals surface area (Å²) in [6, 6.07) is 6.62. The van der Waals surface area contributed by atoms with Gasteiger partial charge >= 0.3 is 0 Å². The van der Waals surface area contributed by atoms with E-state index in [1.807, 2.05) is 12.1 Å². The maximum atomic E-state index is 11.8. The Labute approximate surface area is 131 Å². The molecule has 0 saturated heterocycles. The van der Waals surface area contributed by atoms with Crippen molar-refractivity contribution >= 4 is 11.9 Å². The Morgan fingerprint density at radius 1 is 1.18 bits per heavy atom. The van der Waals surface area contributed by atoms with E-state index in [4.69, 9.17) is 4.74 Å². The number of benzene rings is 1. The van der Waals surface area contributed by atoms with Crippen LogP contribution in [0.15, 0.2) is 29.3 Å². The second-order valence-corrected chi connectivity index (χ2v) is 5.73. The summed E-state index contributed by atoms with van der Waals surface area (Å²) in [7, 11) is 0. The van der Waals surface area contributed by atoms with E-state index in [0.717, 1.165) is 12.2 Å². The van der Waals surface area contributed by atoms with Crippen molar-refractivity contribution in [3.05, 3.63) is 29.8 Å². The number of hydrogen-bond donors (Lipinski definition) is 1. The molecule has 1 aromatic rings. The number of hydrogen-bond acceptors (Lipinski definition) is 4. The van der Waals surface area contributed by atoms with E-state index in [9.17, 15) is 9.90 Å². The molecule has 1 heterocycles. The Kier molecular flexibility index (Phi) is 5.41. The van der Waals surface area contributed by atoms with Crippen LogP contribution in [0, 0.1) is 0 Å². The number of aliphatic imine (C=N–C) groups is 1. The number of nitrogens with zero attached hydrogens (tertiary/aromatic N) is 1. The van der Waals surface area contributed by atoms with E-state index in [-0.39, 0.29) is 5.91 Å². The van der Waals surface area contributed by atoms with Crippen molar-refractivity contribution in [2.75, 3.05) is 6.61 Å². The molecule has 1 aromatic carbocycles. The molecule has 5 nitrogen and oxygen atoms in total. The molecule has 1 unspecified atom stereocenters. The van der Waals surface area contributed by atoms with E-state index in [1.165, 1.54) is 25.7 Å². The number of nitrogens with one attached hydrogen (secondary N) is 1. The van der Waals surface area contributed by atoms with Crippen LogP contribution in [0.4, 0.5) is 0 Å². The molecule has 5 heteroatoms. The lowest BCUT2D eigenvalue weighted by molar-refractivity contribution is -0.220. The summed E-state index contributed by atoms with van der Waals surface area (Å²) in [5.41, 5.74) is -0.443. The van der Waals surface area contributed by atoms with Gasteiger partial charge < -0.3 is 15.2 Å². The summed E-state index contributed by atoms with van der Waals surface area (Å²) in [5.74, 6) is 0.384. The highest BCUT2D eigenvalue weighted by atomic mass is 16.5. The summed E-state index contributed by atoms with van der Waals surface area (Å²) in [5, 5.41) is 13.4. The van der Waals surface area contributed by atoms with Crippen LogP contribution in [-0.2, 0) is 10.3 Å². The SMILES string of the molecule is CCCCCCCOc1ccc(C2(C)N=C([O-])NC2=O)cc1. The quantitative estimate of drug-likeness (QED) is 0.747. The number of carbonyl (C=O) groups excluding carboxylic acids is 1. The smallest absolute Gasteiger partial charge is 0.256 e. The number of ether oxygens (including phenoxy) is 1. The molecule has 1 N–H and O–H groups in total. The van der Waals surface area contributed by atoms with E-state index >= 15 is 0 Å². The van der Waals surface area contributed by atoms with Crippen molar-refractivity contribution in [2.45, 2.75) is 51.5 Å². The van der Waals surface area contributed by atoms with Gasteiger partial charge in [0.2, 0.25) is 0 Å². The molecular formula is C17H23N2O3-. The van der Waals surface area contributed by atoms with Crippen LogP contribution in [0.5, 0.6) is 5.75 Å². The molecule has 1 amide bonds. The van der Waals surface area contributed by atoms with E-state index in [2.05, 4.69) is 17.2 Å². The highest BCUT2D eigenvalue weighted by Gasteiger charge is 2.38. The van der Waals surface area contributed by atoms with E-state index in [0.29, 0.717) is 12.2 Å². The first-order chi connectivity index (χ1) is 10.6. The second kappa shape index (κ2) is 7.29. The van der Waals surface area contributed by atoms with Gasteiger partial charge in [-0.25, -0.2) is 0 Å². The van der Waals surface area contributed by atoms with Gasteiger partial charge in [0.15, 0.2) is 5.54 Å². The first-order valence-corrected chi connectivity index (χ1v) is 7.88. The van der Waals surface area contributed by atoms with E-state index in [1.54, 1.807) is 19.1 Å². The maximum absolute atomic E-state index is 11.8. The van der Waals surface area contributed by atoms with Crippen LogP contribution < -0.4 is 15.2 Å². The summed E-state index contributed by atoms with van der Waals surface area (Å²) in [4.78, 5) is 15.7. The summed E-state index contributed by atoms with van der Waals surface area (Å²) in [6.07, 6.45) is 6.00. The third-order valence-electron chi connectivity index (χ3n) is 3.92. The van der Waals surface area contributed by atoms with Crippen LogP contribution in [0.1, 0.15) is 51.5 Å². The number of carbonyl (C=O) groups is 1. The number of amides is 1. The normalized spacial score (nSPS) is 20.6. The standard InChI is InChI=1S/C17H24N2O3/c1-3-4-5-6-7-12-22-14-10-8-13(9-11-14)17(2)15(20)18-16(21)19-17/h8-11H,3-7,12H2,1-2H3,(H2,18,19,20,21)/p-1. The third-order valence-corrected chi connectivity index (χ3v) is 3.92. The van der Waals surface area contributed by atoms with Gasteiger partial charge in [-0.3, -0.25) is 9.79 Å². The van der Waals surface area contributed by atoms with Crippen molar-refractivity contribution in [1.29, 1.82) is 0 Å². The molecule has 1 aliphatic rings. The molecule has 1 atom stereocenters. The van der Waals surface area contributed by atoms with Crippen LogP contribution >= 0.6 is 0 Å². The molecule has 0 fully saturated rings. The number of unbranched alkanes of at least 4 members (excludes halogenated alkanes) is 4. The average Bonchev–Trinajstić information content (AvgIpc) is 2.77. The Morgan fingerprint density at radius 2 is 1.86 bits per heavy atom. The Morgan fingerprint density at radius 3 is 2.45 bits per heavy atom. The molecule has 0 aliphatic carbocycles. The number of rotatable bonds is 8. The highest BCUT2D eigenvalue weighted by Crippen LogP contribution is 2.29. The fourth-order valence-corrected chi connectivity index (χ4v) is 2.47. The molecule has 120 valence electrons. The van der Waals surface area contributed by atoms with Gasteiger partial charge in [-0.1, -0.05) is 44.7 Å². The Hall–Kier alpha value is -2.04. The first-order valence-electron chi connectivity index (χ1n) is 7.88. The average molecular weight is 303 g/mol. The lowest BCUT2D eigenvalue weighted by Gasteiger charge is -2.18. The van der Waals surface area contributed by atoms with Gasteiger partial charge in [-0.2, -0.15) is 0 Å². The third kappa shape index (κ3) is 3.78. The van der Waals surface area contributed by atoms with Crippen molar-refractivity contribution in [3.8, 4) is 5.75 Å². The molecule has 2 rings (SSSR count). The lowest BCUT2D eigenvalue weighted by Crippen LogP contribution is -2.38. The van der Waals surface area contributed by atoms with Gasteiger partial charge in [0, 0.05) is 0 Å².